The molecule has 0 saturated heterocycles. The molecule has 2 amide bonds. The molecule has 0 heterocycles. The number of carbonyl (C=O) groups excluding carboxylic acids is 3. The number of hydrogen-bond donors (Lipinski definition) is 2. The van der Waals surface area contributed by atoms with Gasteiger partial charge in [0.25, 0.3) is 11.8 Å². The van der Waals surface area contributed by atoms with Gasteiger partial charge in [-0.2, -0.15) is 0 Å². The summed E-state index contributed by atoms with van der Waals surface area (Å²) in [5.41, 5.74) is 2.04. The van der Waals surface area contributed by atoms with E-state index in [9.17, 15) is 14.4 Å². The van der Waals surface area contributed by atoms with Crippen LogP contribution in [0.4, 0.5) is 5.69 Å². The molecule has 2 aromatic carbocycles. The molecule has 0 bridgehead atoms. The number of benzene rings is 2. The molecular formula is C24H30N2O5. The molecule has 2 aromatic rings. The van der Waals surface area contributed by atoms with Gasteiger partial charge in [0, 0.05) is 17.8 Å². The minimum Gasteiger partial charge on any atom is -0.479 e. The summed E-state index contributed by atoms with van der Waals surface area (Å²) in [4.78, 5) is 36.2. The van der Waals surface area contributed by atoms with Gasteiger partial charge in [0.15, 0.2) is 12.7 Å². The van der Waals surface area contributed by atoms with Crippen LogP contribution < -0.4 is 15.4 Å². The summed E-state index contributed by atoms with van der Waals surface area (Å²) in [6, 6.07) is 14.0. The Morgan fingerprint density at radius 3 is 2.32 bits per heavy atom. The second-order valence-corrected chi connectivity index (χ2v) is 8.13. The van der Waals surface area contributed by atoms with Crippen molar-refractivity contribution in [3.05, 3.63) is 59.7 Å². The van der Waals surface area contributed by atoms with E-state index in [4.69, 9.17) is 9.47 Å². The number of amides is 2. The molecule has 0 fully saturated rings. The SMILES string of the molecule is CCNC(=O)c1cccc(NC(=O)COC(=O)[C@@H](C)Oc2ccc(C(C)(C)C)cc2)c1. The van der Waals surface area contributed by atoms with Gasteiger partial charge in [-0.25, -0.2) is 4.79 Å². The maximum absolute atomic E-state index is 12.2. The lowest BCUT2D eigenvalue weighted by molar-refractivity contribution is -0.153. The molecule has 0 aliphatic heterocycles. The van der Waals surface area contributed by atoms with E-state index in [0.717, 1.165) is 5.56 Å². The van der Waals surface area contributed by atoms with Gasteiger partial charge in [-0.15, -0.1) is 0 Å². The van der Waals surface area contributed by atoms with Gasteiger partial charge < -0.3 is 20.1 Å². The van der Waals surface area contributed by atoms with E-state index in [1.807, 2.05) is 19.1 Å². The zero-order valence-corrected chi connectivity index (χ0v) is 18.7. The standard InChI is InChI=1S/C24H30N2O5/c1-6-25-22(28)17-8-7-9-19(14-17)26-21(27)15-30-23(29)16(2)31-20-12-10-18(11-13-20)24(3,4)5/h7-14,16H,6,15H2,1-5H3,(H,25,28)(H,26,27)/t16-/m1/s1. The summed E-state index contributed by atoms with van der Waals surface area (Å²) >= 11 is 0. The molecule has 0 unspecified atom stereocenters. The summed E-state index contributed by atoms with van der Waals surface area (Å²) in [6.45, 7) is 9.78. The van der Waals surface area contributed by atoms with E-state index < -0.39 is 24.6 Å². The Kier molecular flexibility index (Phi) is 8.19. The lowest BCUT2D eigenvalue weighted by atomic mass is 9.87. The van der Waals surface area contributed by atoms with Gasteiger partial charge in [-0.05, 0) is 55.2 Å². The third-order valence-corrected chi connectivity index (χ3v) is 4.46. The average molecular weight is 427 g/mol. The van der Waals surface area contributed by atoms with Gasteiger partial charge >= 0.3 is 5.97 Å². The van der Waals surface area contributed by atoms with Gasteiger partial charge in [-0.1, -0.05) is 39.0 Å². The second-order valence-electron chi connectivity index (χ2n) is 8.13. The number of rotatable bonds is 8. The van der Waals surface area contributed by atoms with Crippen LogP contribution in [0.25, 0.3) is 0 Å². The minimum atomic E-state index is -0.866. The summed E-state index contributed by atoms with van der Waals surface area (Å²) in [5.74, 6) is -0.843. The molecule has 31 heavy (non-hydrogen) atoms. The van der Waals surface area contributed by atoms with Crippen LogP contribution in [-0.2, 0) is 19.7 Å². The summed E-state index contributed by atoms with van der Waals surface area (Å²) < 4.78 is 10.7. The van der Waals surface area contributed by atoms with E-state index >= 15 is 0 Å². The highest BCUT2D eigenvalue weighted by molar-refractivity contribution is 5.97. The highest BCUT2D eigenvalue weighted by Crippen LogP contribution is 2.24. The van der Waals surface area contributed by atoms with Crippen LogP contribution in [0.3, 0.4) is 0 Å². The monoisotopic (exact) mass is 426 g/mol. The molecular weight excluding hydrogens is 396 g/mol. The normalized spacial score (nSPS) is 11.9. The number of esters is 1. The van der Waals surface area contributed by atoms with E-state index in [1.54, 1.807) is 43.3 Å². The molecule has 0 aliphatic rings. The highest BCUT2D eigenvalue weighted by atomic mass is 16.6. The van der Waals surface area contributed by atoms with Crippen LogP contribution in [0.15, 0.2) is 48.5 Å². The van der Waals surface area contributed by atoms with Crippen LogP contribution >= 0.6 is 0 Å². The Morgan fingerprint density at radius 2 is 1.71 bits per heavy atom. The molecule has 7 heteroatoms. The number of carbonyl (C=O) groups is 3. The molecule has 0 spiro atoms. The molecule has 2 rings (SSSR count). The number of anilines is 1. The molecule has 0 saturated carbocycles. The Bertz CT molecular complexity index is 916. The largest absolute Gasteiger partial charge is 0.479 e. The zero-order valence-electron chi connectivity index (χ0n) is 18.7. The molecule has 0 aromatic heterocycles. The fourth-order valence-electron chi connectivity index (χ4n) is 2.74. The van der Waals surface area contributed by atoms with Gasteiger partial charge in [0.2, 0.25) is 0 Å². The van der Waals surface area contributed by atoms with Crippen molar-refractivity contribution in [2.75, 3.05) is 18.5 Å². The number of hydrogen-bond acceptors (Lipinski definition) is 5. The van der Waals surface area contributed by atoms with Crippen molar-refractivity contribution >= 4 is 23.5 Å². The van der Waals surface area contributed by atoms with Crippen molar-refractivity contribution in [2.45, 2.75) is 46.1 Å². The Morgan fingerprint density at radius 1 is 1.03 bits per heavy atom. The minimum absolute atomic E-state index is 0.0236. The first-order valence-corrected chi connectivity index (χ1v) is 10.2. The maximum atomic E-state index is 12.2. The van der Waals surface area contributed by atoms with Crippen molar-refractivity contribution < 1.29 is 23.9 Å². The molecule has 7 nitrogen and oxygen atoms in total. The molecule has 0 radical (unpaired) electrons. The fourth-order valence-corrected chi connectivity index (χ4v) is 2.74. The Balaban J connectivity index is 1.84. The highest BCUT2D eigenvalue weighted by Gasteiger charge is 2.19. The zero-order chi connectivity index (χ0) is 23.0. The van der Waals surface area contributed by atoms with Crippen LogP contribution in [0.2, 0.25) is 0 Å². The van der Waals surface area contributed by atoms with E-state index in [-0.39, 0.29) is 11.3 Å². The van der Waals surface area contributed by atoms with Gasteiger partial charge in [0.05, 0.1) is 0 Å². The van der Waals surface area contributed by atoms with E-state index in [2.05, 4.69) is 31.4 Å². The first-order chi connectivity index (χ1) is 14.6. The number of nitrogens with one attached hydrogen (secondary N) is 2. The molecule has 1 atom stereocenters. The van der Waals surface area contributed by atoms with Crippen LogP contribution in [0.1, 0.15) is 50.5 Å². The molecule has 0 aliphatic carbocycles. The quantitative estimate of drug-likeness (QED) is 0.628. The van der Waals surface area contributed by atoms with Crippen LogP contribution in [0.5, 0.6) is 5.75 Å². The smallest absolute Gasteiger partial charge is 0.347 e. The predicted molar refractivity (Wildman–Crippen MR) is 119 cm³/mol. The van der Waals surface area contributed by atoms with Crippen molar-refractivity contribution in [2.24, 2.45) is 0 Å². The molecule has 166 valence electrons. The third kappa shape index (κ3) is 7.44. The van der Waals surface area contributed by atoms with Gasteiger partial charge in [0.1, 0.15) is 5.75 Å². The second kappa shape index (κ2) is 10.6. The van der Waals surface area contributed by atoms with Crippen LogP contribution in [0, 0.1) is 0 Å². The topological polar surface area (TPSA) is 93.7 Å². The lowest BCUT2D eigenvalue weighted by Crippen LogP contribution is -2.29. The van der Waals surface area contributed by atoms with Crippen LogP contribution in [-0.4, -0.2) is 37.0 Å². The first kappa shape index (κ1) is 23.9. The summed E-state index contributed by atoms with van der Waals surface area (Å²) in [7, 11) is 0. The Hall–Kier alpha value is -3.35. The predicted octanol–water partition coefficient (Wildman–Crippen LogP) is 3.68. The van der Waals surface area contributed by atoms with Crippen molar-refractivity contribution in [1.82, 2.24) is 5.32 Å². The van der Waals surface area contributed by atoms with Gasteiger partial charge in [-0.3, -0.25) is 9.59 Å². The summed E-state index contributed by atoms with van der Waals surface area (Å²) in [5, 5.41) is 5.30. The average Bonchev–Trinajstić information content (AvgIpc) is 2.72. The van der Waals surface area contributed by atoms with Crippen molar-refractivity contribution in [3.63, 3.8) is 0 Å². The third-order valence-electron chi connectivity index (χ3n) is 4.46. The summed E-state index contributed by atoms with van der Waals surface area (Å²) in [6.07, 6.45) is -0.866. The number of ether oxygens (including phenoxy) is 2. The first-order valence-electron chi connectivity index (χ1n) is 10.2. The lowest BCUT2D eigenvalue weighted by Gasteiger charge is -2.20. The van der Waals surface area contributed by atoms with Crippen molar-refractivity contribution in [3.8, 4) is 5.75 Å². The van der Waals surface area contributed by atoms with Crippen molar-refractivity contribution in [1.29, 1.82) is 0 Å². The Labute approximate surface area is 183 Å². The maximum Gasteiger partial charge on any atom is 0.347 e. The van der Waals surface area contributed by atoms with E-state index in [1.165, 1.54) is 0 Å². The fraction of sp³-hybridized carbons (Fsp3) is 0.375. The van der Waals surface area contributed by atoms with E-state index in [0.29, 0.717) is 23.5 Å². The molecule has 2 N–H and O–H groups in total.